The minimum atomic E-state index is -0.993. The Kier molecular flexibility index (Phi) is 4.49. The van der Waals surface area contributed by atoms with Crippen LogP contribution in [0.1, 0.15) is 21.5 Å². The quantitative estimate of drug-likeness (QED) is 0.899. The van der Waals surface area contributed by atoms with Crippen LogP contribution in [-0.2, 0) is 13.5 Å². The van der Waals surface area contributed by atoms with E-state index in [9.17, 15) is 14.0 Å². The van der Waals surface area contributed by atoms with Crippen LogP contribution in [0.15, 0.2) is 33.7 Å². The standard InChI is InChI=1S/C14H11BrClFN2O2/c1-19-6-10(13(18)20)9(12(17)14(19)21)4-7-2-3-8(15)5-11(7)16/h2-3,5-6H,4H2,1H3,(H2,18,20). The predicted molar refractivity (Wildman–Crippen MR) is 82.1 cm³/mol. The van der Waals surface area contributed by atoms with Crippen LogP contribution in [0.2, 0.25) is 5.02 Å². The lowest BCUT2D eigenvalue weighted by Crippen LogP contribution is -2.27. The predicted octanol–water partition coefficient (Wildman–Crippen LogP) is 2.63. The van der Waals surface area contributed by atoms with E-state index in [1.807, 2.05) is 0 Å². The van der Waals surface area contributed by atoms with Crippen molar-refractivity contribution in [1.82, 2.24) is 4.57 Å². The maximum atomic E-state index is 14.2. The van der Waals surface area contributed by atoms with Gasteiger partial charge in [-0.05, 0) is 17.7 Å². The molecule has 0 fully saturated rings. The molecule has 1 amide bonds. The Hall–Kier alpha value is -1.66. The van der Waals surface area contributed by atoms with Crippen LogP contribution in [0.3, 0.4) is 0 Å². The summed E-state index contributed by atoms with van der Waals surface area (Å²) in [6.07, 6.45) is 1.24. The highest BCUT2D eigenvalue weighted by Gasteiger charge is 2.19. The van der Waals surface area contributed by atoms with Gasteiger partial charge in [0.2, 0.25) is 0 Å². The van der Waals surface area contributed by atoms with Gasteiger partial charge in [-0.2, -0.15) is 0 Å². The molecule has 0 aliphatic rings. The number of pyridine rings is 1. The third kappa shape index (κ3) is 3.16. The molecule has 0 saturated heterocycles. The molecule has 0 aliphatic heterocycles. The molecule has 4 nitrogen and oxygen atoms in total. The molecule has 0 aliphatic carbocycles. The van der Waals surface area contributed by atoms with E-state index in [1.165, 1.54) is 13.2 Å². The van der Waals surface area contributed by atoms with Gasteiger partial charge in [0.15, 0.2) is 5.82 Å². The van der Waals surface area contributed by atoms with Gasteiger partial charge in [0.1, 0.15) is 0 Å². The number of hydrogen-bond donors (Lipinski definition) is 1. The third-order valence-electron chi connectivity index (χ3n) is 3.07. The first-order valence-corrected chi connectivity index (χ1v) is 7.10. The first-order valence-electron chi connectivity index (χ1n) is 5.93. The fraction of sp³-hybridized carbons (Fsp3) is 0.143. The first kappa shape index (κ1) is 15.7. The molecule has 0 bridgehead atoms. The van der Waals surface area contributed by atoms with Crippen LogP contribution in [0.4, 0.5) is 4.39 Å². The van der Waals surface area contributed by atoms with Crippen molar-refractivity contribution in [3.8, 4) is 0 Å². The number of rotatable bonds is 3. The number of aryl methyl sites for hydroxylation is 1. The van der Waals surface area contributed by atoms with Gasteiger partial charge in [0, 0.05) is 34.7 Å². The van der Waals surface area contributed by atoms with Crippen molar-refractivity contribution in [2.75, 3.05) is 0 Å². The van der Waals surface area contributed by atoms with Gasteiger partial charge in [-0.3, -0.25) is 9.59 Å². The van der Waals surface area contributed by atoms with Crippen molar-refractivity contribution in [3.05, 3.63) is 66.8 Å². The van der Waals surface area contributed by atoms with Crippen molar-refractivity contribution in [2.24, 2.45) is 12.8 Å². The number of nitrogens with two attached hydrogens (primary N) is 1. The highest BCUT2D eigenvalue weighted by atomic mass is 79.9. The Balaban J connectivity index is 2.60. The third-order valence-corrected chi connectivity index (χ3v) is 3.91. The summed E-state index contributed by atoms with van der Waals surface area (Å²) >= 11 is 9.35. The maximum absolute atomic E-state index is 14.2. The molecule has 0 saturated carbocycles. The summed E-state index contributed by atoms with van der Waals surface area (Å²) in [5, 5.41) is 0.403. The van der Waals surface area contributed by atoms with Crippen LogP contribution in [0.5, 0.6) is 0 Å². The Morgan fingerprint density at radius 1 is 1.48 bits per heavy atom. The summed E-state index contributed by atoms with van der Waals surface area (Å²) < 4.78 is 15.9. The van der Waals surface area contributed by atoms with E-state index in [1.54, 1.807) is 18.2 Å². The molecule has 2 rings (SSSR count). The van der Waals surface area contributed by atoms with Crippen molar-refractivity contribution < 1.29 is 9.18 Å². The zero-order valence-corrected chi connectivity index (χ0v) is 13.3. The first-order chi connectivity index (χ1) is 9.81. The molecule has 1 heterocycles. The summed E-state index contributed by atoms with van der Waals surface area (Å²) in [6, 6.07) is 5.08. The van der Waals surface area contributed by atoms with Crippen LogP contribution < -0.4 is 11.3 Å². The summed E-state index contributed by atoms with van der Waals surface area (Å²) in [5.41, 5.74) is 4.95. The van der Waals surface area contributed by atoms with E-state index in [4.69, 9.17) is 17.3 Å². The molecule has 1 aromatic heterocycles. The van der Waals surface area contributed by atoms with E-state index >= 15 is 0 Å². The van der Waals surface area contributed by atoms with Crippen molar-refractivity contribution >= 4 is 33.4 Å². The Morgan fingerprint density at radius 2 is 2.14 bits per heavy atom. The van der Waals surface area contributed by atoms with Crippen molar-refractivity contribution in [2.45, 2.75) is 6.42 Å². The lowest BCUT2D eigenvalue weighted by molar-refractivity contribution is 0.0998. The lowest BCUT2D eigenvalue weighted by atomic mass is 10.0. The highest BCUT2D eigenvalue weighted by molar-refractivity contribution is 9.10. The van der Waals surface area contributed by atoms with Crippen LogP contribution in [0, 0.1) is 5.82 Å². The summed E-state index contributed by atoms with van der Waals surface area (Å²) in [5.74, 6) is -1.79. The molecule has 2 aromatic rings. The molecule has 0 spiro atoms. The number of aromatic nitrogens is 1. The number of benzene rings is 1. The molecule has 0 atom stereocenters. The van der Waals surface area contributed by atoms with Crippen molar-refractivity contribution in [1.29, 1.82) is 0 Å². The van der Waals surface area contributed by atoms with Crippen LogP contribution >= 0.6 is 27.5 Å². The van der Waals surface area contributed by atoms with Gasteiger partial charge in [0.05, 0.1) is 5.56 Å². The molecule has 2 N–H and O–H groups in total. The fourth-order valence-electron chi connectivity index (χ4n) is 1.97. The number of carbonyl (C=O) groups is 1. The van der Waals surface area contributed by atoms with Gasteiger partial charge >= 0.3 is 0 Å². The number of hydrogen-bond acceptors (Lipinski definition) is 2. The Bertz CT molecular complexity index is 789. The molecule has 0 unspecified atom stereocenters. The molecule has 21 heavy (non-hydrogen) atoms. The van der Waals surface area contributed by atoms with E-state index in [0.29, 0.717) is 10.6 Å². The maximum Gasteiger partial charge on any atom is 0.286 e. The highest BCUT2D eigenvalue weighted by Crippen LogP contribution is 2.25. The number of amides is 1. The summed E-state index contributed by atoms with van der Waals surface area (Å²) in [4.78, 5) is 23.2. The van der Waals surface area contributed by atoms with Gasteiger partial charge in [-0.1, -0.05) is 33.6 Å². The monoisotopic (exact) mass is 372 g/mol. The lowest BCUT2D eigenvalue weighted by Gasteiger charge is -2.11. The molecular formula is C14H11BrClFN2O2. The molecule has 7 heteroatoms. The minimum absolute atomic E-state index is 0.00625. The zero-order valence-electron chi connectivity index (χ0n) is 11.0. The molecular weight excluding hydrogens is 363 g/mol. The van der Waals surface area contributed by atoms with E-state index in [-0.39, 0.29) is 17.5 Å². The second-order valence-electron chi connectivity index (χ2n) is 4.53. The Labute approximate surface area is 133 Å². The average Bonchev–Trinajstić information content (AvgIpc) is 2.41. The summed E-state index contributed by atoms with van der Waals surface area (Å²) in [6.45, 7) is 0. The van der Waals surface area contributed by atoms with E-state index < -0.39 is 17.3 Å². The fourth-order valence-corrected chi connectivity index (χ4v) is 2.71. The Morgan fingerprint density at radius 3 is 2.71 bits per heavy atom. The number of nitrogens with zero attached hydrogens (tertiary/aromatic N) is 1. The number of halogens is 3. The average molecular weight is 374 g/mol. The second-order valence-corrected chi connectivity index (χ2v) is 5.85. The van der Waals surface area contributed by atoms with Crippen LogP contribution in [0.25, 0.3) is 0 Å². The van der Waals surface area contributed by atoms with E-state index in [2.05, 4.69) is 15.9 Å². The topological polar surface area (TPSA) is 65.1 Å². The largest absolute Gasteiger partial charge is 0.366 e. The second kappa shape index (κ2) is 5.99. The van der Waals surface area contributed by atoms with Gasteiger partial charge in [0.25, 0.3) is 11.5 Å². The normalized spacial score (nSPS) is 10.7. The SMILES string of the molecule is Cn1cc(C(N)=O)c(Cc2ccc(Br)cc2Cl)c(F)c1=O. The van der Waals surface area contributed by atoms with Crippen molar-refractivity contribution in [3.63, 3.8) is 0 Å². The smallest absolute Gasteiger partial charge is 0.286 e. The molecule has 110 valence electrons. The zero-order chi connectivity index (χ0) is 15.7. The van der Waals surface area contributed by atoms with Gasteiger partial charge in [-0.15, -0.1) is 0 Å². The molecule has 0 radical (unpaired) electrons. The van der Waals surface area contributed by atoms with Crippen LogP contribution in [-0.4, -0.2) is 10.5 Å². The van der Waals surface area contributed by atoms with Gasteiger partial charge in [-0.25, -0.2) is 4.39 Å². The molecule has 1 aromatic carbocycles. The minimum Gasteiger partial charge on any atom is -0.366 e. The van der Waals surface area contributed by atoms with E-state index in [0.717, 1.165) is 9.04 Å². The number of primary amides is 1. The van der Waals surface area contributed by atoms with Gasteiger partial charge < -0.3 is 10.3 Å². The summed E-state index contributed by atoms with van der Waals surface area (Å²) in [7, 11) is 1.36. The number of carbonyl (C=O) groups excluding carboxylic acids is 1.